The maximum absolute atomic E-state index is 12.5. The molecule has 84 valence electrons. The van der Waals surface area contributed by atoms with Crippen LogP contribution >= 0.6 is 0 Å². The number of ether oxygens (including phenoxy) is 1. The molecular weight excluding hydrogens is 209 g/mol. The third-order valence-electron chi connectivity index (χ3n) is 2.09. The van der Waals surface area contributed by atoms with Crippen LogP contribution in [0.3, 0.4) is 0 Å². The Morgan fingerprint density at radius 3 is 3.00 bits per heavy atom. The molecule has 0 spiro atoms. The van der Waals surface area contributed by atoms with Crippen LogP contribution in [0.15, 0.2) is 37.1 Å². The van der Waals surface area contributed by atoms with Crippen molar-refractivity contribution in [3.8, 4) is 5.75 Å². The molecule has 2 rings (SSSR count). The fraction of sp³-hybridized carbons (Fsp3) is 0.273. The Kier molecular flexibility index (Phi) is 3.48. The first-order chi connectivity index (χ1) is 7.84. The number of aromatic nitrogens is 3. The molecule has 0 amide bonds. The van der Waals surface area contributed by atoms with Gasteiger partial charge in [0.05, 0.1) is 19.1 Å². The quantitative estimate of drug-likeness (QED) is 0.571. The second-order valence-electron chi connectivity index (χ2n) is 3.32. The van der Waals surface area contributed by atoms with Crippen molar-refractivity contribution >= 4 is 0 Å². The van der Waals surface area contributed by atoms with Gasteiger partial charge in [-0.25, -0.2) is 9.97 Å². The molecule has 0 radical (unpaired) electrons. The number of aryl methyl sites for hydroxylation is 1. The molecule has 5 heteroatoms. The van der Waals surface area contributed by atoms with E-state index in [2.05, 4.69) is 9.97 Å². The van der Waals surface area contributed by atoms with E-state index in [9.17, 15) is 4.39 Å². The lowest BCUT2D eigenvalue weighted by molar-refractivity contribution is 0.299. The maximum atomic E-state index is 12.5. The first-order valence-electron chi connectivity index (χ1n) is 5.05. The summed E-state index contributed by atoms with van der Waals surface area (Å²) in [5.41, 5.74) is 0. The number of rotatable bonds is 5. The van der Waals surface area contributed by atoms with Crippen molar-refractivity contribution in [3.05, 3.63) is 43.0 Å². The zero-order valence-electron chi connectivity index (χ0n) is 8.71. The molecule has 0 bridgehead atoms. The van der Waals surface area contributed by atoms with Crippen molar-refractivity contribution in [1.82, 2.24) is 14.5 Å². The van der Waals surface area contributed by atoms with Crippen LogP contribution in [-0.2, 0) is 6.54 Å². The van der Waals surface area contributed by atoms with Crippen LogP contribution in [0, 0.1) is 5.95 Å². The molecule has 2 aromatic rings. The van der Waals surface area contributed by atoms with Crippen molar-refractivity contribution in [2.24, 2.45) is 0 Å². The second-order valence-corrected chi connectivity index (χ2v) is 3.32. The lowest BCUT2D eigenvalue weighted by Gasteiger charge is -2.05. The van der Waals surface area contributed by atoms with Crippen molar-refractivity contribution in [2.45, 2.75) is 13.0 Å². The number of pyridine rings is 1. The van der Waals surface area contributed by atoms with Gasteiger partial charge in [0.15, 0.2) is 0 Å². The first-order valence-corrected chi connectivity index (χ1v) is 5.05. The highest BCUT2D eigenvalue weighted by Crippen LogP contribution is 2.08. The molecule has 2 aromatic heterocycles. The summed E-state index contributed by atoms with van der Waals surface area (Å²) >= 11 is 0. The van der Waals surface area contributed by atoms with Gasteiger partial charge >= 0.3 is 0 Å². The SMILES string of the molecule is Fc1ccc(OCCCn2ccnc2)cn1. The highest BCUT2D eigenvalue weighted by Gasteiger charge is 1.96. The van der Waals surface area contributed by atoms with Crippen LogP contribution in [0.1, 0.15) is 6.42 Å². The summed E-state index contributed by atoms with van der Waals surface area (Å²) in [7, 11) is 0. The molecule has 16 heavy (non-hydrogen) atoms. The molecule has 0 N–H and O–H groups in total. The normalized spacial score (nSPS) is 10.3. The van der Waals surface area contributed by atoms with Crippen LogP contribution in [-0.4, -0.2) is 21.1 Å². The molecule has 0 aliphatic carbocycles. The van der Waals surface area contributed by atoms with Crippen LogP contribution in [0.5, 0.6) is 5.75 Å². The number of hydrogen-bond donors (Lipinski definition) is 0. The molecule has 0 aliphatic rings. The van der Waals surface area contributed by atoms with Gasteiger partial charge in [-0.1, -0.05) is 0 Å². The minimum absolute atomic E-state index is 0.495. The third kappa shape index (κ3) is 3.05. The van der Waals surface area contributed by atoms with Gasteiger partial charge in [-0.15, -0.1) is 0 Å². The van der Waals surface area contributed by atoms with Gasteiger partial charge in [-0.2, -0.15) is 4.39 Å². The number of hydrogen-bond acceptors (Lipinski definition) is 3. The predicted octanol–water partition coefficient (Wildman–Crippen LogP) is 1.89. The van der Waals surface area contributed by atoms with Crippen LogP contribution < -0.4 is 4.74 Å². The number of nitrogens with zero attached hydrogens (tertiary/aromatic N) is 3. The van der Waals surface area contributed by atoms with Gasteiger partial charge in [0.1, 0.15) is 5.75 Å². The number of imidazole rings is 1. The van der Waals surface area contributed by atoms with Crippen molar-refractivity contribution < 1.29 is 9.13 Å². The fourth-order valence-electron chi connectivity index (χ4n) is 1.30. The Hall–Kier alpha value is -1.91. The van der Waals surface area contributed by atoms with E-state index in [1.54, 1.807) is 18.6 Å². The standard InChI is InChI=1S/C11H12FN3O/c12-11-3-2-10(8-14-11)16-7-1-5-15-6-4-13-9-15/h2-4,6,8-9H,1,5,7H2. The smallest absolute Gasteiger partial charge is 0.213 e. The highest BCUT2D eigenvalue weighted by molar-refractivity contribution is 5.15. The van der Waals surface area contributed by atoms with E-state index in [0.29, 0.717) is 12.4 Å². The molecule has 0 saturated heterocycles. The molecule has 0 atom stereocenters. The van der Waals surface area contributed by atoms with E-state index < -0.39 is 5.95 Å². The van der Waals surface area contributed by atoms with E-state index in [0.717, 1.165) is 13.0 Å². The summed E-state index contributed by atoms with van der Waals surface area (Å²) < 4.78 is 19.9. The summed E-state index contributed by atoms with van der Waals surface area (Å²) in [4.78, 5) is 7.44. The lowest BCUT2D eigenvalue weighted by atomic mass is 10.4. The summed E-state index contributed by atoms with van der Waals surface area (Å²) in [5, 5.41) is 0. The van der Waals surface area contributed by atoms with Gasteiger partial charge in [0.25, 0.3) is 0 Å². The summed E-state index contributed by atoms with van der Waals surface area (Å²) in [6.07, 6.45) is 7.66. The Balaban J connectivity index is 1.70. The van der Waals surface area contributed by atoms with E-state index >= 15 is 0 Å². The largest absolute Gasteiger partial charge is 0.492 e. The van der Waals surface area contributed by atoms with Crippen LogP contribution in [0.4, 0.5) is 4.39 Å². The van der Waals surface area contributed by atoms with E-state index in [1.165, 1.54) is 12.3 Å². The van der Waals surface area contributed by atoms with Gasteiger partial charge in [0.2, 0.25) is 5.95 Å². The topological polar surface area (TPSA) is 39.9 Å². The predicted molar refractivity (Wildman–Crippen MR) is 56.5 cm³/mol. The number of halogens is 1. The van der Waals surface area contributed by atoms with Gasteiger partial charge < -0.3 is 9.30 Å². The van der Waals surface area contributed by atoms with Gasteiger partial charge in [-0.3, -0.25) is 0 Å². The fourth-order valence-corrected chi connectivity index (χ4v) is 1.30. The minimum atomic E-state index is -0.495. The zero-order chi connectivity index (χ0) is 11.2. The van der Waals surface area contributed by atoms with E-state index in [-0.39, 0.29) is 0 Å². The Morgan fingerprint density at radius 2 is 2.31 bits per heavy atom. The molecule has 0 aliphatic heterocycles. The average molecular weight is 221 g/mol. The third-order valence-corrected chi connectivity index (χ3v) is 2.09. The molecular formula is C11H12FN3O. The highest BCUT2D eigenvalue weighted by atomic mass is 19.1. The second kappa shape index (κ2) is 5.25. The average Bonchev–Trinajstić information content (AvgIpc) is 2.80. The molecule has 0 aromatic carbocycles. The van der Waals surface area contributed by atoms with Gasteiger partial charge in [0, 0.05) is 18.9 Å². The first kappa shape index (κ1) is 10.6. The van der Waals surface area contributed by atoms with Crippen molar-refractivity contribution in [2.75, 3.05) is 6.61 Å². The molecule has 4 nitrogen and oxygen atoms in total. The summed E-state index contributed by atoms with van der Waals surface area (Å²) in [6, 6.07) is 2.85. The van der Waals surface area contributed by atoms with Gasteiger partial charge in [-0.05, 0) is 18.6 Å². The summed E-state index contributed by atoms with van der Waals surface area (Å²) in [6.45, 7) is 1.43. The molecule has 2 heterocycles. The Morgan fingerprint density at radius 1 is 1.38 bits per heavy atom. The molecule has 0 fully saturated rings. The monoisotopic (exact) mass is 221 g/mol. The van der Waals surface area contributed by atoms with Crippen LogP contribution in [0.25, 0.3) is 0 Å². The zero-order valence-corrected chi connectivity index (χ0v) is 8.71. The maximum Gasteiger partial charge on any atom is 0.213 e. The Labute approximate surface area is 92.7 Å². The summed E-state index contributed by atoms with van der Waals surface area (Å²) in [5.74, 6) is 0.0952. The Bertz CT molecular complexity index is 413. The lowest BCUT2D eigenvalue weighted by Crippen LogP contribution is -2.03. The van der Waals surface area contributed by atoms with Crippen molar-refractivity contribution in [3.63, 3.8) is 0 Å². The molecule has 0 unspecified atom stereocenters. The van der Waals surface area contributed by atoms with E-state index in [4.69, 9.17) is 4.74 Å². The minimum Gasteiger partial charge on any atom is -0.492 e. The van der Waals surface area contributed by atoms with E-state index in [1.807, 2.05) is 10.8 Å². The molecule has 0 saturated carbocycles. The van der Waals surface area contributed by atoms with Crippen molar-refractivity contribution in [1.29, 1.82) is 0 Å². The van der Waals surface area contributed by atoms with Crippen LogP contribution in [0.2, 0.25) is 0 Å².